The number of hydrogen-bond acceptors (Lipinski definition) is 3. The molecule has 0 bridgehead atoms. The van der Waals surface area contributed by atoms with Gasteiger partial charge in [0.2, 0.25) is 0 Å². The molecule has 5 nitrogen and oxygen atoms in total. The molecule has 1 unspecified atom stereocenters. The number of ether oxygens (including phenoxy) is 1. The molecule has 0 aromatic carbocycles. The molecular formula is C7H16N2O3. The van der Waals surface area contributed by atoms with E-state index in [1.807, 2.05) is 0 Å². The van der Waals surface area contributed by atoms with Gasteiger partial charge < -0.3 is 20.1 Å². The third kappa shape index (κ3) is 4.92. The molecule has 2 amide bonds. The van der Waals surface area contributed by atoms with Gasteiger partial charge >= 0.3 is 6.03 Å². The van der Waals surface area contributed by atoms with Crippen molar-refractivity contribution in [2.24, 2.45) is 0 Å². The van der Waals surface area contributed by atoms with Crippen molar-refractivity contribution in [2.75, 3.05) is 34.4 Å². The number of carbonyl (C=O) groups is 1. The van der Waals surface area contributed by atoms with Crippen LogP contribution in [0.5, 0.6) is 0 Å². The summed E-state index contributed by atoms with van der Waals surface area (Å²) < 4.78 is 4.68. The lowest BCUT2D eigenvalue weighted by atomic mass is 10.4. The van der Waals surface area contributed by atoms with Crippen LogP contribution in [-0.4, -0.2) is 56.5 Å². The fourth-order valence-electron chi connectivity index (χ4n) is 0.615. The fraction of sp³-hybridized carbons (Fsp3) is 0.857. The Morgan fingerprint density at radius 2 is 2.25 bits per heavy atom. The lowest BCUT2D eigenvalue weighted by Crippen LogP contribution is -2.40. The molecule has 0 aliphatic heterocycles. The summed E-state index contributed by atoms with van der Waals surface area (Å²) in [4.78, 5) is 12.3. The molecule has 0 spiro atoms. The number of amides is 2. The van der Waals surface area contributed by atoms with Crippen molar-refractivity contribution in [2.45, 2.75) is 6.10 Å². The average Bonchev–Trinajstić information content (AvgIpc) is 2.00. The second-order valence-electron chi connectivity index (χ2n) is 2.69. The van der Waals surface area contributed by atoms with Crippen molar-refractivity contribution < 1.29 is 14.6 Å². The highest BCUT2D eigenvalue weighted by Gasteiger charge is 2.06. The molecule has 1 atom stereocenters. The molecule has 0 saturated heterocycles. The van der Waals surface area contributed by atoms with Crippen LogP contribution >= 0.6 is 0 Å². The van der Waals surface area contributed by atoms with Crippen LogP contribution in [0.15, 0.2) is 0 Å². The molecule has 2 N–H and O–H groups in total. The summed E-state index contributed by atoms with van der Waals surface area (Å²) in [5, 5.41) is 11.6. The summed E-state index contributed by atoms with van der Waals surface area (Å²) in [7, 11) is 4.77. The zero-order valence-corrected chi connectivity index (χ0v) is 7.70. The highest BCUT2D eigenvalue weighted by molar-refractivity contribution is 5.73. The van der Waals surface area contributed by atoms with Crippen LogP contribution in [0.2, 0.25) is 0 Å². The van der Waals surface area contributed by atoms with Crippen molar-refractivity contribution in [3.8, 4) is 0 Å². The van der Waals surface area contributed by atoms with Crippen LogP contribution in [-0.2, 0) is 4.74 Å². The standard InChI is InChI=1S/C7H16N2O3/c1-9(2)7(11)8-4-6(10)5-12-3/h6,10H,4-5H2,1-3H3,(H,8,11). The number of hydrogen-bond donors (Lipinski definition) is 2. The summed E-state index contributed by atoms with van der Waals surface area (Å²) >= 11 is 0. The minimum Gasteiger partial charge on any atom is -0.389 e. The van der Waals surface area contributed by atoms with Gasteiger partial charge in [-0.1, -0.05) is 0 Å². The summed E-state index contributed by atoms with van der Waals surface area (Å²) in [5.41, 5.74) is 0. The molecule has 0 fully saturated rings. The first-order chi connectivity index (χ1) is 5.57. The van der Waals surface area contributed by atoms with Crippen molar-refractivity contribution in [3.05, 3.63) is 0 Å². The third-order valence-electron chi connectivity index (χ3n) is 1.25. The molecule has 12 heavy (non-hydrogen) atoms. The predicted octanol–water partition coefficient (Wildman–Crippen LogP) is -0.735. The van der Waals surface area contributed by atoms with Gasteiger partial charge in [-0.05, 0) is 0 Å². The Labute approximate surface area is 72.3 Å². The number of nitrogens with zero attached hydrogens (tertiary/aromatic N) is 1. The Morgan fingerprint density at radius 3 is 2.67 bits per heavy atom. The van der Waals surface area contributed by atoms with E-state index in [1.165, 1.54) is 12.0 Å². The first-order valence-electron chi connectivity index (χ1n) is 3.70. The van der Waals surface area contributed by atoms with E-state index in [1.54, 1.807) is 14.1 Å². The van der Waals surface area contributed by atoms with E-state index in [2.05, 4.69) is 10.1 Å². The van der Waals surface area contributed by atoms with Gasteiger partial charge in [-0.25, -0.2) is 4.79 Å². The predicted molar refractivity (Wildman–Crippen MR) is 45.0 cm³/mol. The number of urea groups is 1. The molecule has 72 valence electrons. The van der Waals surface area contributed by atoms with Crippen molar-refractivity contribution in [1.29, 1.82) is 0 Å². The van der Waals surface area contributed by atoms with Gasteiger partial charge in [-0.3, -0.25) is 0 Å². The van der Waals surface area contributed by atoms with Crippen LogP contribution in [0.3, 0.4) is 0 Å². The van der Waals surface area contributed by atoms with E-state index in [0.29, 0.717) is 0 Å². The Morgan fingerprint density at radius 1 is 1.67 bits per heavy atom. The lowest BCUT2D eigenvalue weighted by molar-refractivity contribution is 0.0653. The quantitative estimate of drug-likeness (QED) is 0.593. The molecule has 5 heteroatoms. The van der Waals surface area contributed by atoms with Gasteiger partial charge in [0.05, 0.1) is 12.7 Å². The maximum Gasteiger partial charge on any atom is 0.316 e. The summed E-state index contributed by atoms with van der Waals surface area (Å²) in [5.74, 6) is 0. The minimum absolute atomic E-state index is 0.213. The summed E-state index contributed by atoms with van der Waals surface area (Å²) in [6.45, 7) is 0.443. The summed E-state index contributed by atoms with van der Waals surface area (Å²) in [6, 6.07) is -0.217. The Kier molecular flexibility index (Phi) is 5.40. The average molecular weight is 176 g/mol. The minimum atomic E-state index is -0.640. The molecule has 0 aromatic rings. The van der Waals surface area contributed by atoms with Crippen molar-refractivity contribution in [1.82, 2.24) is 10.2 Å². The second kappa shape index (κ2) is 5.79. The maximum atomic E-state index is 10.9. The topological polar surface area (TPSA) is 61.8 Å². The Bertz CT molecular complexity index is 139. The number of nitrogens with one attached hydrogen (secondary N) is 1. The largest absolute Gasteiger partial charge is 0.389 e. The first kappa shape index (κ1) is 11.2. The molecule has 0 saturated carbocycles. The summed E-state index contributed by atoms with van der Waals surface area (Å²) in [6.07, 6.45) is -0.640. The van der Waals surface area contributed by atoms with E-state index >= 15 is 0 Å². The highest BCUT2D eigenvalue weighted by Crippen LogP contribution is 1.83. The number of aliphatic hydroxyl groups excluding tert-OH is 1. The molecular weight excluding hydrogens is 160 g/mol. The van der Waals surface area contributed by atoms with Crippen LogP contribution in [0.25, 0.3) is 0 Å². The molecule has 0 radical (unpaired) electrons. The second-order valence-corrected chi connectivity index (χ2v) is 2.69. The van der Waals surface area contributed by atoms with Gasteiger partial charge in [0.15, 0.2) is 0 Å². The van der Waals surface area contributed by atoms with Crippen LogP contribution in [0, 0.1) is 0 Å². The Balaban J connectivity index is 3.47. The molecule has 0 aliphatic rings. The smallest absolute Gasteiger partial charge is 0.316 e. The van der Waals surface area contributed by atoms with E-state index in [-0.39, 0.29) is 19.2 Å². The number of carbonyl (C=O) groups excluding carboxylic acids is 1. The van der Waals surface area contributed by atoms with E-state index in [0.717, 1.165) is 0 Å². The first-order valence-corrected chi connectivity index (χ1v) is 3.70. The highest BCUT2D eigenvalue weighted by atomic mass is 16.5. The monoisotopic (exact) mass is 176 g/mol. The van der Waals surface area contributed by atoms with Crippen LogP contribution < -0.4 is 5.32 Å². The van der Waals surface area contributed by atoms with Gasteiger partial charge in [0, 0.05) is 27.7 Å². The van der Waals surface area contributed by atoms with Crippen LogP contribution in [0.4, 0.5) is 4.79 Å². The number of rotatable bonds is 4. The maximum absolute atomic E-state index is 10.9. The van der Waals surface area contributed by atoms with Crippen LogP contribution in [0.1, 0.15) is 0 Å². The van der Waals surface area contributed by atoms with E-state index in [9.17, 15) is 4.79 Å². The number of methoxy groups -OCH3 is 1. The Hall–Kier alpha value is -0.810. The zero-order valence-electron chi connectivity index (χ0n) is 7.70. The third-order valence-corrected chi connectivity index (χ3v) is 1.25. The van der Waals surface area contributed by atoms with E-state index < -0.39 is 6.10 Å². The molecule has 0 aliphatic carbocycles. The molecule has 0 aromatic heterocycles. The lowest BCUT2D eigenvalue weighted by Gasteiger charge is -2.14. The van der Waals surface area contributed by atoms with Gasteiger partial charge in [0.25, 0.3) is 0 Å². The molecule has 0 heterocycles. The fourth-order valence-corrected chi connectivity index (χ4v) is 0.615. The SMILES string of the molecule is COCC(O)CNC(=O)N(C)C. The number of aliphatic hydroxyl groups is 1. The van der Waals surface area contributed by atoms with Crippen molar-refractivity contribution >= 4 is 6.03 Å². The van der Waals surface area contributed by atoms with Crippen molar-refractivity contribution in [3.63, 3.8) is 0 Å². The van der Waals surface area contributed by atoms with Gasteiger partial charge in [-0.15, -0.1) is 0 Å². The normalized spacial score (nSPS) is 12.3. The molecule has 0 rings (SSSR count). The van der Waals surface area contributed by atoms with Gasteiger partial charge in [-0.2, -0.15) is 0 Å². The van der Waals surface area contributed by atoms with Gasteiger partial charge in [0.1, 0.15) is 0 Å². The van der Waals surface area contributed by atoms with E-state index in [4.69, 9.17) is 5.11 Å². The zero-order chi connectivity index (χ0) is 9.56.